The Hall–Kier alpha value is -1.91. The zero-order valence-electron chi connectivity index (χ0n) is 26.1. The first kappa shape index (κ1) is 31.1. The number of hydrogen-bond donors (Lipinski definition) is 0. The molecule has 2 saturated carbocycles. The van der Waals surface area contributed by atoms with E-state index in [1.54, 1.807) is 27.4 Å². The number of cyclic esters (lactones) is 1. The molecule has 0 aromatic carbocycles. The highest BCUT2D eigenvalue weighted by atomic mass is 16.7. The maximum Gasteiger partial charge on any atom is 0.306 e. The van der Waals surface area contributed by atoms with Crippen LogP contribution in [-0.2, 0) is 42.8 Å². The summed E-state index contributed by atoms with van der Waals surface area (Å²) in [6, 6.07) is 0. The van der Waals surface area contributed by atoms with E-state index in [-0.39, 0.29) is 95.7 Å². The summed E-state index contributed by atoms with van der Waals surface area (Å²) in [7, 11) is 4.92. The number of Topliss-reactive ketones (excluding diaryl/α,β-unsaturated/α-hetero) is 1. The minimum Gasteiger partial charge on any atom is -0.466 e. The number of methoxy groups -OCH3 is 3. The van der Waals surface area contributed by atoms with Crippen molar-refractivity contribution in [3.05, 3.63) is 23.8 Å². The molecule has 0 amide bonds. The number of rotatable bonds is 5. The second-order valence-electron chi connectivity index (χ2n) is 13.7. The highest BCUT2D eigenvalue weighted by Gasteiger charge is 2.61. The van der Waals surface area contributed by atoms with Gasteiger partial charge in [-0.25, -0.2) is 0 Å². The molecule has 14 atom stereocenters. The standard InChI is InChI=1S/C34H48O9/c1-17-9-7-6-8-12-41-27(36)16-24-25(30(17)37)15-23-22-14-19(13-21(22)20-10-11-26(35)29(20)28(23)24)43-34-33(40-5)32(39-4)31(38-3)18(2)42-34/h10-11,15,17-24,28-29,31-34H,6-9,12-14,16H2,1-5H3/t17?,18-,19?,20?,21?,22?,23?,24?,28?,29?,31-,32+,33+,34-/m0/s1. The average molecular weight is 601 g/mol. The maximum absolute atomic E-state index is 13.9. The van der Waals surface area contributed by atoms with Crippen LogP contribution in [0.5, 0.6) is 0 Å². The van der Waals surface area contributed by atoms with E-state index in [0.29, 0.717) is 6.61 Å². The zero-order chi connectivity index (χ0) is 30.4. The van der Waals surface area contributed by atoms with Crippen LogP contribution < -0.4 is 0 Å². The van der Waals surface area contributed by atoms with Crippen molar-refractivity contribution >= 4 is 17.5 Å². The van der Waals surface area contributed by atoms with Crippen LogP contribution >= 0.6 is 0 Å². The van der Waals surface area contributed by atoms with Crippen molar-refractivity contribution in [2.75, 3.05) is 27.9 Å². The van der Waals surface area contributed by atoms with Gasteiger partial charge in [-0.1, -0.05) is 31.9 Å². The minimum atomic E-state index is -0.622. The number of ether oxygens (including phenoxy) is 6. The van der Waals surface area contributed by atoms with E-state index >= 15 is 0 Å². The Morgan fingerprint density at radius 1 is 0.860 bits per heavy atom. The Kier molecular flexibility index (Phi) is 9.28. The molecule has 43 heavy (non-hydrogen) atoms. The van der Waals surface area contributed by atoms with Gasteiger partial charge in [-0.15, -0.1) is 0 Å². The molecule has 6 aliphatic rings. The molecule has 9 heteroatoms. The van der Waals surface area contributed by atoms with Crippen LogP contribution in [0.3, 0.4) is 0 Å². The predicted octanol–water partition coefficient (Wildman–Crippen LogP) is 4.07. The second kappa shape index (κ2) is 12.8. The van der Waals surface area contributed by atoms with Crippen molar-refractivity contribution in [2.24, 2.45) is 47.3 Å². The highest BCUT2D eigenvalue weighted by molar-refractivity contribution is 6.00. The monoisotopic (exact) mass is 600 g/mol. The first-order chi connectivity index (χ1) is 20.8. The predicted molar refractivity (Wildman–Crippen MR) is 156 cm³/mol. The Morgan fingerprint density at radius 2 is 1.58 bits per heavy atom. The molecule has 4 fully saturated rings. The summed E-state index contributed by atoms with van der Waals surface area (Å²) < 4.78 is 35.9. The van der Waals surface area contributed by atoms with E-state index in [4.69, 9.17) is 28.4 Å². The number of fused-ring (bicyclic) bond motifs is 8. The maximum atomic E-state index is 13.9. The molecular weight excluding hydrogens is 552 g/mol. The summed E-state index contributed by atoms with van der Waals surface area (Å²) in [6.45, 7) is 4.38. The normalized spacial score (nSPS) is 46.6. The van der Waals surface area contributed by atoms with Gasteiger partial charge in [0.25, 0.3) is 0 Å². The fourth-order valence-corrected chi connectivity index (χ4v) is 9.54. The van der Waals surface area contributed by atoms with Gasteiger partial charge < -0.3 is 28.4 Å². The summed E-state index contributed by atoms with van der Waals surface area (Å²) in [5.41, 5.74) is 0.751. The van der Waals surface area contributed by atoms with Crippen molar-refractivity contribution in [3.63, 3.8) is 0 Å². The van der Waals surface area contributed by atoms with Gasteiger partial charge in [0.1, 0.15) is 18.3 Å². The molecule has 0 aromatic heterocycles. The molecule has 2 saturated heterocycles. The third-order valence-corrected chi connectivity index (χ3v) is 11.5. The summed E-state index contributed by atoms with van der Waals surface area (Å²) in [4.78, 5) is 40.4. The molecule has 2 heterocycles. The first-order valence-electron chi connectivity index (χ1n) is 16.3. The molecule has 9 nitrogen and oxygen atoms in total. The molecule has 6 rings (SSSR count). The SMILES string of the molecule is CO[C@@H]1[C@@H](OC)[C@H](C)O[C@@H](OC2CC3C4C=CC(=O)C4C4C5CC(=O)OCCCCCC(C)C(=O)C5=CC4C3C2)[C@@H]1OC. The largest absolute Gasteiger partial charge is 0.466 e. The third kappa shape index (κ3) is 5.58. The van der Waals surface area contributed by atoms with Gasteiger partial charge in [-0.05, 0) is 73.8 Å². The number of ketones is 2. The second-order valence-corrected chi connectivity index (χ2v) is 13.7. The lowest BCUT2D eigenvalue weighted by atomic mass is 9.57. The quantitative estimate of drug-likeness (QED) is 0.432. The summed E-state index contributed by atoms with van der Waals surface area (Å²) in [6.07, 6.45) is 9.18. The van der Waals surface area contributed by atoms with Crippen molar-refractivity contribution in [1.29, 1.82) is 0 Å². The van der Waals surface area contributed by atoms with Crippen molar-refractivity contribution < 1.29 is 42.8 Å². The molecule has 0 N–H and O–H groups in total. The smallest absolute Gasteiger partial charge is 0.306 e. The van der Waals surface area contributed by atoms with Crippen molar-refractivity contribution in [2.45, 2.75) is 95.6 Å². The van der Waals surface area contributed by atoms with Gasteiger partial charge in [0.15, 0.2) is 17.9 Å². The summed E-state index contributed by atoms with van der Waals surface area (Å²) in [5.74, 6) is -0.155. The molecular formula is C34H48O9. The highest BCUT2D eigenvalue weighted by Crippen LogP contribution is 2.62. The van der Waals surface area contributed by atoms with Crippen LogP contribution in [0.15, 0.2) is 23.8 Å². The molecule has 9 unspecified atom stereocenters. The number of carbonyl (C=O) groups excluding carboxylic acids is 3. The van der Waals surface area contributed by atoms with Crippen LogP contribution in [0.1, 0.15) is 58.8 Å². The lowest BCUT2D eigenvalue weighted by molar-refractivity contribution is -0.314. The van der Waals surface area contributed by atoms with E-state index < -0.39 is 12.4 Å². The molecule has 4 aliphatic carbocycles. The van der Waals surface area contributed by atoms with E-state index in [9.17, 15) is 14.4 Å². The molecule has 0 bridgehead atoms. The van der Waals surface area contributed by atoms with E-state index in [1.807, 2.05) is 13.8 Å². The Labute approximate surface area is 255 Å². The van der Waals surface area contributed by atoms with Crippen LogP contribution in [0.4, 0.5) is 0 Å². The van der Waals surface area contributed by atoms with Gasteiger partial charge in [-0.2, -0.15) is 0 Å². The average Bonchev–Trinajstić information content (AvgIpc) is 3.68. The lowest BCUT2D eigenvalue weighted by Gasteiger charge is -2.45. The minimum absolute atomic E-state index is 0.0341. The molecule has 0 radical (unpaired) electrons. The van der Waals surface area contributed by atoms with Gasteiger partial charge in [-0.3, -0.25) is 14.4 Å². The molecule has 0 aromatic rings. The zero-order valence-corrected chi connectivity index (χ0v) is 26.1. The molecule has 2 aliphatic heterocycles. The van der Waals surface area contributed by atoms with Crippen LogP contribution in [0, 0.1) is 47.3 Å². The third-order valence-electron chi connectivity index (χ3n) is 11.5. The van der Waals surface area contributed by atoms with E-state index in [1.165, 1.54) is 0 Å². The Morgan fingerprint density at radius 3 is 2.30 bits per heavy atom. The van der Waals surface area contributed by atoms with Crippen LogP contribution in [0.25, 0.3) is 0 Å². The van der Waals surface area contributed by atoms with Crippen LogP contribution in [0.2, 0.25) is 0 Å². The van der Waals surface area contributed by atoms with Gasteiger partial charge in [0.05, 0.1) is 25.2 Å². The lowest BCUT2D eigenvalue weighted by Crippen LogP contribution is -2.59. The number of esters is 1. The molecule has 0 spiro atoms. The van der Waals surface area contributed by atoms with E-state index in [0.717, 1.165) is 44.1 Å². The van der Waals surface area contributed by atoms with Crippen LogP contribution in [-0.4, -0.2) is 82.3 Å². The van der Waals surface area contributed by atoms with E-state index in [2.05, 4.69) is 12.2 Å². The number of carbonyl (C=O) groups is 3. The summed E-state index contributed by atoms with van der Waals surface area (Å²) in [5, 5.41) is 0. The topological polar surface area (TPSA) is 107 Å². The Balaban J connectivity index is 1.28. The number of allylic oxidation sites excluding steroid dienone is 4. The first-order valence-corrected chi connectivity index (χ1v) is 16.3. The van der Waals surface area contributed by atoms with Gasteiger partial charge >= 0.3 is 5.97 Å². The van der Waals surface area contributed by atoms with Crippen molar-refractivity contribution in [1.82, 2.24) is 0 Å². The summed E-state index contributed by atoms with van der Waals surface area (Å²) >= 11 is 0. The fraction of sp³-hybridized carbons (Fsp3) is 0.794. The van der Waals surface area contributed by atoms with Crippen molar-refractivity contribution in [3.8, 4) is 0 Å². The fourth-order valence-electron chi connectivity index (χ4n) is 9.54. The molecule has 238 valence electrons. The number of hydrogen-bond acceptors (Lipinski definition) is 9. The van der Waals surface area contributed by atoms with Gasteiger partial charge in [0, 0.05) is 39.1 Å². The Bertz CT molecular complexity index is 1130. The van der Waals surface area contributed by atoms with Gasteiger partial charge in [0.2, 0.25) is 0 Å².